The number of rotatable bonds is 6. The molecule has 0 saturated carbocycles. The van der Waals surface area contributed by atoms with Crippen LogP contribution in [0.3, 0.4) is 0 Å². The van der Waals surface area contributed by atoms with E-state index in [-0.39, 0.29) is 6.61 Å². The number of benzene rings is 1. The summed E-state index contributed by atoms with van der Waals surface area (Å²) < 4.78 is 5.33. The van der Waals surface area contributed by atoms with E-state index in [1.807, 2.05) is 18.3 Å². The lowest BCUT2D eigenvalue weighted by Crippen LogP contribution is -1.92. The molecule has 4 nitrogen and oxygen atoms in total. The number of ether oxygens (including phenoxy) is 1. The number of aliphatic hydroxyl groups is 1. The van der Waals surface area contributed by atoms with Gasteiger partial charge in [0, 0.05) is 18.6 Å². The Balaban J connectivity index is 2.23. The molecule has 0 aliphatic carbocycles. The van der Waals surface area contributed by atoms with Crippen molar-refractivity contribution in [3.05, 3.63) is 35.8 Å². The number of aryl methyl sites for hydroxylation is 2. The molecule has 0 fully saturated rings. The molecular weight excluding hydrogens is 240 g/mol. The summed E-state index contributed by atoms with van der Waals surface area (Å²) in [5, 5.41) is 8.82. The van der Waals surface area contributed by atoms with Gasteiger partial charge in [0.1, 0.15) is 11.6 Å². The number of nitrogens with one attached hydrogen (secondary N) is 1. The fourth-order valence-corrected chi connectivity index (χ4v) is 2.11. The zero-order valence-corrected chi connectivity index (χ0v) is 11.4. The summed E-state index contributed by atoms with van der Waals surface area (Å²) in [7, 11) is 1.69. The minimum Gasteiger partial charge on any atom is -0.496 e. The Bertz CT molecular complexity index is 535. The molecule has 0 amide bonds. The van der Waals surface area contributed by atoms with Gasteiger partial charge in [0.2, 0.25) is 0 Å². The van der Waals surface area contributed by atoms with Gasteiger partial charge in [-0.25, -0.2) is 4.98 Å². The maximum Gasteiger partial charge on any atom is 0.122 e. The molecule has 0 radical (unpaired) electrons. The van der Waals surface area contributed by atoms with E-state index < -0.39 is 0 Å². The largest absolute Gasteiger partial charge is 0.496 e. The highest BCUT2D eigenvalue weighted by Gasteiger charge is 2.07. The first kappa shape index (κ1) is 13.6. The fraction of sp³-hybridized carbons (Fsp3) is 0.400. The van der Waals surface area contributed by atoms with Gasteiger partial charge in [-0.1, -0.05) is 6.92 Å². The van der Waals surface area contributed by atoms with Crippen molar-refractivity contribution < 1.29 is 9.84 Å². The molecule has 0 bridgehead atoms. The quantitative estimate of drug-likeness (QED) is 0.839. The number of hydrogen-bond donors (Lipinski definition) is 2. The average molecular weight is 260 g/mol. The molecule has 102 valence electrons. The molecule has 2 rings (SSSR count). The van der Waals surface area contributed by atoms with Crippen LogP contribution in [0.15, 0.2) is 24.4 Å². The average Bonchev–Trinajstić information content (AvgIpc) is 2.93. The molecule has 0 aliphatic rings. The molecule has 4 heteroatoms. The van der Waals surface area contributed by atoms with E-state index in [9.17, 15) is 0 Å². The first-order chi connectivity index (χ1) is 9.28. The Morgan fingerprint density at radius 3 is 2.89 bits per heavy atom. The summed E-state index contributed by atoms with van der Waals surface area (Å²) in [5.41, 5.74) is 3.30. The molecule has 0 spiro atoms. The van der Waals surface area contributed by atoms with E-state index in [1.165, 1.54) is 5.56 Å². The second-order valence-electron chi connectivity index (χ2n) is 4.45. The van der Waals surface area contributed by atoms with Crippen molar-refractivity contribution in [1.82, 2.24) is 9.97 Å². The summed E-state index contributed by atoms with van der Waals surface area (Å²) >= 11 is 0. The number of aromatic nitrogens is 2. The summed E-state index contributed by atoms with van der Waals surface area (Å²) in [5.74, 6) is 1.84. The molecule has 2 N–H and O–H groups in total. The third-order valence-corrected chi connectivity index (χ3v) is 3.17. The van der Waals surface area contributed by atoms with Crippen molar-refractivity contribution in [2.75, 3.05) is 13.7 Å². The summed E-state index contributed by atoms with van der Waals surface area (Å²) in [4.78, 5) is 7.62. The lowest BCUT2D eigenvalue weighted by molar-refractivity contribution is 0.287. The van der Waals surface area contributed by atoms with Gasteiger partial charge in [-0.3, -0.25) is 0 Å². The smallest absolute Gasteiger partial charge is 0.122 e. The minimum atomic E-state index is 0.193. The van der Waals surface area contributed by atoms with E-state index in [0.29, 0.717) is 0 Å². The van der Waals surface area contributed by atoms with Crippen molar-refractivity contribution in [2.45, 2.75) is 26.2 Å². The van der Waals surface area contributed by atoms with Crippen LogP contribution in [0.25, 0.3) is 11.3 Å². The highest BCUT2D eigenvalue weighted by atomic mass is 16.5. The number of hydrogen-bond acceptors (Lipinski definition) is 3. The number of nitrogens with zero attached hydrogens (tertiary/aromatic N) is 1. The maximum atomic E-state index is 8.82. The van der Waals surface area contributed by atoms with Crippen LogP contribution in [-0.2, 0) is 12.8 Å². The number of aromatic amines is 1. The first-order valence-electron chi connectivity index (χ1n) is 6.60. The number of methoxy groups -OCH3 is 1. The van der Waals surface area contributed by atoms with Gasteiger partial charge in [0.15, 0.2) is 0 Å². The molecule has 0 atom stereocenters. The minimum absolute atomic E-state index is 0.193. The molecule has 1 aromatic heterocycles. The Hall–Kier alpha value is -1.81. The Kier molecular flexibility index (Phi) is 4.58. The van der Waals surface area contributed by atoms with Crippen molar-refractivity contribution in [1.29, 1.82) is 0 Å². The van der Waals surface area contributed by atoms with Gasteiger partial charge >= 0.3 is 0 Å². The normalized spacial score (nSPS) is 10.7. The maximum absolute atomic E-state index is 8.82. The van der Waals surface area contributed by atoms with E-state index >= 15 is 0 Å². The molecule has 0 unspecified atom stereocenters. The standard InChI is InChI=1S/C15H20N2O2/c1-3-11-9-12(6-7-14(11)19-2)13-10-16-15(17-13)5-4-8-18/h6-7,9-10,18H,3-5,8H2,1-2H3,(H,16,17). The van der Waals surface area contributed by atoms with Crippen LogP contribution >= 0.6 is 0 Å². The van der Waals surface area contributed by atoms with Crippen molar-refractivity contribution in [2.24, 2.45) is 0 Å². The van der Waals surface area contributed by atoms with Gasteiger partial charge in [0.05, 0.1) is 19.0 Å². The van der Waals surface area contributed by atoms with E-state index in [1.54, 1.807) is 7.11 Å². The summed E-state index contributed by atoms with van der Waals surface area (Å²) in [6.07, 6.45) is 4.28. The zero-order valence-electron chi connectivity index (χ0n) is 11.4. The van der Waals surface area contributed by atoms with Gasteiger partial charge in [-0.05, 0) is 36.6 Å². The van der Waals surface area contributed by atoms with E-state index in [2.05, 4.69) is 23.0 Å². The van der Waals surface area contributed by atoms with Crippen LogP contribution < -0.4 is 4.74 Å². The molecule has 0 saturated heterocycles. The van der Waals surface area contributed by atoms with Gasteiger partial charge in [-0.2, -0.15) is 0 Å². The number of H-pyrrole nitrogens is 1. The van der Waals surface area contributed by atoms with Crippen LogP contribution in [0.2, 0.25) is 0 Å². The third kappa shape index (κ3) is 3.15. The van der Waals surface area contributed by atoms with Crippen molar-refractivity contribution in [3.63, 3.8) is 0 Å². The molecule has 1 heterocycles. The van der Waals surface area contributed by atoms with Crippen LogP contribution in [0, 0.1) is 0 Å². The number of imidazole rings is 1. The predicted molar refractivity (Wildman–Crippen MR) is 75.4 cm³/mol. The predicted octanol–water partition coefficient (Wildman–Crippen LogP) is 2.57. The topological polar surface area (TPSA) is 58.1 Å². The van der Waals surface area contributed by atoms with Crippen LogP contribution in [0.1, 0.15) is 24.7 Å². The monoisotopic (exact) mass is 260 g/mol. The van der Waals surface area contributed by atoms with E-state index in [0.717, 1.165) is 42.1 Å². The Labute approximate surface area is 113 Å². The van der Waals surface area contributed by atoms with E-state index in [4.69, 9.17) is 9.84 Å². The van der Waals surface area contributed by atoms with Crippen molar-refractivity contribution in [3.8, 4) is 17.0 Å². The second kappa shape index (κ2) is 6.38. The van der Waals surface area contributed by atoms with Crippen molar-refractivity contribution >= 4 is 0 Å². The second-order valence-corrected chi connectivity index (χ2v) is 4.45. The lowest BCUT2D eigenvalue weighted by atomic mass is 10.1. The van der Waals surface area contributed by atoms with Gasteiger partial charge in [-0.15, -0.1) is 0 Å². The fourth-order valence-electron chi connectivity index (χ4n) is 2.11. The van der Waals surface area contributed by atoms with Crippen LogP contribution in [0.5, 0.6) is 5.75 Å². The van der Waals surface area contributed by atoms with Gasteiger partial charge < -0.3 is 14.8 Å². The Morgan fingerprint density at radius 2 is 2.21 bits per heavy atom. The Morgan fingerprint density at radius 1 is 1.37 bits per heavy atom. The lowest BCUT2D eigenvalue weighted by Gasteiger charge is -2.08. The summed E-state index contributed by atoms with van der Waals surface area (Å²) in [6.45, 7) is 2.31. The summed E-state index contributed by atoms with van der Waals surface area (Å²) in [6, 6.07) is 6.14. The van der Waals surface area contributed by atoms with Gasteiger partial charge in [0.25, 0.3) is 0 Å². The molecular formula is C15H20N2O2. The molecule has 19 heavy (non-hydrogen) atoms. The highest BCUT2D eigenvalue weighted by Crippen LogP contribution is 2.26. The SMILES string of the molecule is CCc1cc(-c2cnc(CCCO)[nH]2)ccc1OC. The first-order valence-corrected chi connectivity index (χ1v) is 6.60. The zero-order chi connectivity index (χ0) is 13.7. The van der Waals surface area contributed by atoms with Crippen LogP contribution in [0.4, 0.5) is 0 Å². The number of aliphatic hydroxyl groups excluding tert-OH is 1. The third-order valence-electron chi connectivity index (χ3n) is 3.17. The van der Waals surface area contributed by atoms with Crippen LogP contribution in [-0.4, -0.2) is 28.8 Å². The molecule has 0 aliphatic heterocycles. The molecule has 1 aromatic carbocycles. The molecule has 2 aromatic rings. The highest BCUT2D eigenvalue weighted by molar-refractivity contribution is 5.61.